The van der Waals surface area contributed by atoms with Gasteiger partial charge in [0.25, 0.3) is 0 Å². The van der Waals surface area contributed by atoms with Crippen molar-refractivity contribution in [3.63, 3.8) is 0 Å². The van der Waals surface area contributed by atoms with Gasteiger partial charge < -0.3 is 10.1 Å². The predicted octanol–water partition coefficient (Wildman–Crippen LogP) is 3.51. The molecule has 0 saturated carbocycles. The molecule has 0 bridgehead atoms. The summed E-state index contributed by atoms with van der Waals surface area (Å²) in [6.45, 7) is 7.47. The summed E-state index contributed by atoms with van der Waals surface area (Å²) in [5.41, 5.74) is 1.62. The Hall–Kier alpha value is -1.18. The summed E-state index contributed by atoms with van der Waals surface area (Å²) < 4.78 is 5.46. The second kappa shape index (κ2) is 8.02. The molecule has 0 spiro atoms. The van der Waals surface area contributed by atoms with Crippen LogP contribution in [0.15, 0.2) is 23.1 Å². The Morgan fingerprint density at radius 2 is 2.22 bits per heavy atom. The lowest BCUT2D eigenvalue weighted by Crippen LogP contribution is -2.13. The number of benzene rings is 1. The van der Waals surface area contributed by atoms with Gasteiger partial charge in [-0.05, 0) is 31.7 Å². The second-order valence-corrected chi connectivity index (χ2v) is 5.38. The Morgan fingerprint density at radius 3 is 2.83 bits per heavy atom. The summed E-state index contributed by atoms with van der Waals surface area (Å²) in [6, 6.07) is 8.18. The molecule has 0 saturated heterocycles. The minimum Gasteiger partial charge on any atom is -0.382 e. The van der Waals surface area contributed by atoms with Gasteiger partial charge in [0.1, 0.15) is 6.07 Å². The summed E-state index contributed by atoms with van der Waals surface area (Å²) in [7, 11) is 0. The quantitative estimate of drug-likeness (QED) is 0.604. The Labute approximate surface area is 114 Å². The fourth-order valence-electron chi connectivity index (χ4n) is 1.55. The molecule has 1 rings (SSSR count). The molecule has 1 aromatic rings. The van der Waals surface area contributed by atoms with E-state index in [-0.39, 0.29) is 6.10 Å². The van der Waals surface area contributed by atoms with Crippen LogP contribution in [-0.4, -0.2) is 25.0 Å². The van der Waals surface area contributed by atoms with Crippen LogP contribution in [0.2, 0.25) is 0 Å². The minimum absolute atomic E-state index is 0.240. The highest BCUT2D eigenvalue weighted by Gasteiger charge is 2.07. The van der Waals surface area contributed by atoms with Crippen LogP contribution in [-0.2, 0) is 4.74 Å². The Kier molecular flexibility index (Phi) is 6.63. The third kappa shape index (κ3) is 4.59. The number of nitrogens with zero attached hydrogens (tertiary/aromatic N) is 1. The second-order valence-electron chi connectivity index (χ2n) is 4.07. The molecule has 0 aliphatic rings. The van der Waals surface area contributed by atoms with Crippen molar-refractivity contribution in [3.8, 4) is 6.07 Å². The minimum atomic E-state index is 0.240. The SMILES string of the molecule is CCSc1cccc(NCCOC(C)C)c1C#N. The van der Waals surface area contributed by atoms with Crippen molar-refractivity contribution in [2.24, 2.45) is 0 Å². The van der Waals surface area contributed by atoms with Crippen molar-refractivity contribution in [3.05, 3.63) is 23.8 Å². The largest absolute Gasteiger partial charge is 0.382 e. The van der Waals surface area contributed by atoms with Crippen LogP contribution in [0.3, 0.4) is 0 Å². The highest BCUT2D eigenvalue weighted by molar-refractivity contribution is 7.99. The molecule has 1 N–H and O–H groups in total. The molecule has 0 heterocycles. The topological polar surface area (TPSA) is 45.0 Å². The van der Waals surface area contributed by atoms with E-state index < -0.39 is 0 Å². The summed E-state index contributed by atoms with van der Waals surface area (Å²) >= 11 is 1.69. The molecule has 1 aromatic carbocycles. The zero-order valence-electron chi connectivity index (χ0n) is 11.2. The lowest BCUT2D eigenvalue weighted by atomic mass is 10.2. The molecule has 0 aliphatic heterocycles. The van der Waals surface area contributed by atoms with Crippen LogP contribution < -0.4 is 5.32 Å². The fraction of sp³-hybridized carbons (Fsp3) is 0.500. The normalized spacial score (nSPS) is 10.4. The number of rotatable bonds is 7. The first-order chi connectivity index (χ1) is 8.69. The number of nitrogens with one attached hydrogen (secondary N) is 1. The van der Waals surface area contributed by atoms with Gasteiger partial charge in [-0.3, -0.25) is 0 Å². The Balaban J connectivity index is 2.65. The number of anilines is 1. The number of nitriles is 1. The summed E-state index contributed by atoms with van der Waals surface area (Å²) in [5, 5.41) is 12.5. The molecule has 18 heavy (non-hydrogen) atoms. The lowest BCUT2D eigenvalue weighted by molar-refractivity contribution is 0.0870. The van der Waals surface area contributed by atoms with E-state index in [0.717, 1.165) is 21.9 Å². The molecule has 0 aromatic heterocycles. The van der Waals surface area contributed by atoms with Crippen molar-refractivity contribution in [2.45, 2.75) is 31.8 Å². The lowest BCUT2D eigenvalue weighted by Gasteiger charge is -2.12. The van der Waals surface area contributed by atoms with Gasteiger partial charge in [-0.25, -0.2) is 0 Å². The monoisotopic (exact) mass is 264 g/mol. The van der Waals surface area contributed by atoms with Crippen molar-refractivity contribution in [1.82, 2.24) is 0 Å². The highest BCUT2D eigenvalue weighted by atomic mass is 32.2. The number of ether oxygens (including phenoxy) is 1. The molecule has 4 heteroatoms. The van der Waals surface area contributed by atoms with Gasteiger partial charge in [0, 0.05) is 11.4 Å². The molecule has 3 nitrogen and oxygen atoms in total. The third-order valence-corrected chi connectivity index (χ3v) is 3.25. The standard InChI is InChI=1S/C14H20N2OS/c1-4-18-14-7-5-6-13(12(14)10-15)16-8-9-17-11(2)3/h5-7,11,16H,4,8-9H2,1-3H3. The Bertz CT molecular complexity index is 413. The number of thioether (sulfide) groups is 1. The summed E-state index contributed by atoms with van der Waals surface area (Å²) in [6.07, 6.45) is 0.240. The Morgan fingerprint density at radius 1 is 1.44 bits per heavy atom. The first-order valence-electron chi connectivity index (χ1n) is 6.20. The van der Waals surface area contributed by atoms with E-state index in [9.17, 15) is 5.26 Å². The fourth-order valence-corrected chi connectivity index (χ4v) is 2.34. The molecule has 0 amide bonds. The van der Waals surface area contributed by atoms with Gasteiger partial charge in [0.15, 0.2) is 0 Å². The van der Waals surface area contributed by atoms with Crippen LogP contribution in [0.25, 0.3) is 0 Å². The molecule has 0 unspecified atom stereocenters. The maximum absolute atomic E-state index is 9.24. The van der Waals surface area contributed by atoms with E-state index in [1.54, 1.807) is 11.8 Å². The molecule has 0 fully saturated rings. The van der Waals surface area contributed by atoms with Gasteiger partial charge in [0.2, 0.25) is 0 Å². The zero-order valence-corrected chi connectivity index (χ0v) is 12.0. The number of hydrogen-bond acceptors (Lipinski definition) is 4. The van der Waals surface area contributed by atoms with Crippen LogP contribution in [0, 0.1) is 11.3 Å². The third-order valence-electron chi connectivity index (χ3n) is 2.31. The van der Waals surface area contributed by atoms with Crippen LogP contribution >= 0.6 is 11.8 Å². The van der Waals surface area contributed by atoms with E-state index in [1.165, 1.54) is 0 Å². The first kappa shape index (κ1) is 14.9. The molecule has 0 radical (unpaired) electrons. The van der Waals surface area contributed by atoms with E-state index in [0.29, 0.717) is 13.2 Å². The van der Waals surface area contributed by atoms with E-state index in [1.807, 2.05) is 32.0 Å². The molecular weight excluding hydrogens is 244 g/mol. The van der Waals surface area contributed by atoms with Crippen molar-refractivity contribution in [2.75, 3.05) is 24.2 Å². The number of hydrogen-bond donors (Lipinski definition) is 1. The van der Waals surface area contributed by atoms with Crippen molar-refractivity contribution in [1.29, 1.82) is 5.26 Å². The van der Waals surface area contributed by atoms with E-state index >= 15 is 0 Å². The van der Waals surface area contributed by atoms with Gasteiger partial charge in [-0.2, -0.15) is 5.26 Å². The first-order valence-corrected chi connectivity index (χ1v) is 7.19. The summed E-state index contributed by atoms with van der Waals surface area (Å²) in [4.78, 5) is 1.04. The van der Waals surface area contributed by atoms with Crippen molar-refractivity contribution >= 4 is 17.4 Å². The van der Waals surface area contributed by atoms with Gasteiger partial charge >= 0.3 is 0 Å². The van der Waals surface area contributed by atoms with Crippen molar-refractivity contribution < 1.29 is 4.74 Å². The average Bonchev–Trinajstić information content (AvgIpc) is 2.35. The van der Waals surface area contributed by atoms with Gasteiger partial charge in [-0.1, -0.05) is 13.0 Å². The highest BCUT2D eigenvalue weighted by Crippen LogP contribution is 2.27. The van der Waals surface area contributed by atoms with Crippen LogP contribution in [0.1, 0.15) is 26.3 Å². The average molecular weight is 264 g/mol. The molecular formula is C14H20N2OS. The smallest absolute Gasteiger partial charge is 0.102 e. The predicted molar refractivity (Wildman–Crippen MR) is 77.1 cm³/mol. The summed E-state index contributed by atoms with van der Waals surface area (Å²) in [5.74, 6) is 0.967. The van der Waals surface area contributed by atoms with Crippen LogP contribution in [0.5, 0.6) is 0 Å². The van der Waals surface area contributed by atoms with Gasteiger partial charge in [-0.15, -0.1) is 11.8 Å². The maximum atomic E-state index is 9.24. The van der Waals surface area contributed by atoms with E-state index in [2.05, 4.69) is 18.3 Å². The molecule has 0 atom stereocenters. The zero-order chi connectivity index (χ0) is 13.4. The van der Waals surface area contributed by atoms with Gasteiger partial charge in [0.05, 0.1) is 24.0 Å². The van der Waals surface area contributed by atoms with E-state index in [4.69, 9.17) is 4.74 Å². The molecule has 0 aliphatic carbocycles. The molecule has 98 valence electrons. The van der Waals surface area contributed by atoms with Crippen LogP contribution in [0.4, 0.5) is 5.69 Å². The maximum Gasteiger partial charge on any atom is 0.102 e.